The first kappa shape index (κ1) is 18.2. The number of alkyl halides is 2. The number of carbonyl (C=O) groups is 2. The summed E-state index contributed by atoms with van der Waals surface area (Å²) in [6.07, 6.45) is -1.43. The fourth-order valence-corrected chi connectivity index (χ4v) is 2.35. The van der Waals surface area contributed by atoms with Crippen molar-refractivity contribution >= 4 is 35.4 Å². The molecule has 0 radical (unpaired) electrons. The quantitative estimate of drug-likeness (QED) is 0.731. The van der Waals surface area contributed by atoms with E-state index < -0.39 is 12.2 Å². The number of primary amides is 2. The molecule has 1 aromatic carbocycles. The lowest BCUT2D eigenvalue weighted by atomic mass is 10.0. The normalized spacial score (nSPS) is 10.1. The van der Waals surface area contributed by atoms with Gasteiger partial charge in [-0.15, -0.1) is 23.2 Å². The SMILES string of the molecule is COc1c(CCCl)cc(OC(N)=O)c(CCCl)c1OC(N)=O. The molecule has 1 rings (SSSR count). The van der Waals surface area contributed by atoms with Crippen LogP contribution in [0.5, 0.6) is 17.2 Å². The van der Waals surface area contributed by atoms with Crippen molar-refractivity contribution in [2.75, 3.05) is 18.9 Å². The highest BCUT2D eigenvalue weighted by Crippen LogP contribution is 2.42. The van der Waals surface area contributed by atoms with E-state index in [1.54, 1.807) is 6.07 Å². The van der Waals surface area contributed by atoms with Gasteiger partial charge in [0.2, 0.25) is 0 Å². The second-order valence-corrected chi connectivity index (χ2v) is 4.85. The third-order valence-corrected chi connectivity index (χ3v) is 3.08. The minimum atomic E-state index is -1.04. The monoisotopic (exact) mass is 350 g/mol. The molecule has 0 saturated carbocycles. The van der Waals surface area contributed by atoms with Gasteiger partial charge in [0, 0.05) is 22.9 Å². The van der Waals surface area contributed by atoms with Crippen molar-refractivity contribution in [1.82, 2.24) is 0 Å². The Kier molecular flexibility index (Phi) is 7.07. The summed E-state index contributed by atoms with van der Waals surface area (Å²) in [6.45, 7) is 0. The van der Waals surface area contributed by atoms with Crippen molar-refractivity contribution in [3.63, 3.8) is 0 Å². The first-order valence-electron chi connectivity index (χ1n) is 6.23. The zero-order chi connectivity index (χ0) is 16.7. The maximum absolute atomic E-state index is 11.1. The number of halogens is 2. The summed E-state index contributed by atoms with van der Waals surface area (Å²) in [5.41, 5.74) is 11.1. The molecule has 4 N–H and O–H groups in total. The number of hydrogen-bond acceptors (Lipinski definition) is 5. The van der Waals surface area contributed by atoms with Gasteiger partial charge in [0.1, 0.15) is 5.75 Å². The minimum absolute atomic E-state index is 0.0366. The van der Waals surface area contributed by atoms with Crippen LogP contribution in [0.2, 0.25) is 0 Å². The Balaban J connectivity index is 3.57. The third kappa shape index (κ3) is 4.57. The summed E-state index contributed by atoms with van der Waals surface area (Å²) in [5, 5.41) is 0. The fourth-order valence-electron chi connectivity index (χ4n) is 1.96. The average Bonchev–Trinajstić information content (AvgIpc) is 2.42. The molecule has 0 aliphatic heterocycles. The van der Waals surface area contributed by atoms with E-state index in [4.69, 9.17) is 48.9 Å². The second-order valence-electron chi connectivity index (χ2n) is 4.09. The molecule has 0 atom stereocenters. The maximum atomic E-state index is 11.1. The number of methoxy groups -OCH3 is 1. The van der Waals surface area contributed by atoms with Crippen molar-refractivity contribution < 1.29 is 23.8 Å². The van der Waals surface area contributed by atoms with Crippen LogP contribution in [0.4, 0.5) is 9.59 Å². The molecule has 0 spiro atoms. The first-order chi connectivity index (χ1) is 10.4. The molecule has 0 saturated heterocycles. The summed E-state index contributed by atoms with van der Waals surface area (Å²) in [7, 11) is 1.40. The van der Waals surface area contributed by atoms with Gasteiger partial charge in [0.15, 0.2) is 11.5 Å². The van der Waals surface area contributed by atoms with Gasteiger partial charge >= 0.3 is 12.2 Å². The highest BCUT2D eigenvalue weighted by atomic mass is 35.5. The lowest BCUT2D eigenvalue weighted by Gasteiger charge is -2.19. The van der Waals surface area contributed by atoms with Gasteiger partial charge in [-0.1, -0.05) is 0 Å². The third-order valence-electron chi connectivity index (χ3n) is 2.70. The Bertz CT molecular complexity index is 566. The van der Waals surface area contributed by atoms with E-state index >= 15 is 0 Å². The Morgan fingerprint density at radius 3 is 2.09 bits per heavy atom. The zero-order valence-corrected chi connectivity index (χ0v) is 13.4. The number of benzene rings is 1. The molecule has 0 aliphatic rings. The zero-order valence-electron chi connectivity index (χ0n) is 11.9. The number of carbonyl (C=O) groups excluding carboxylic acids is 2. The van der Waals surface area contributed by atoms with Crippen molar-refractivity contribution in [3.05, 3.63) is 17.2 Å². The Hall–Kier alpha value is -1.86. The molecule has 0 bridgehead atoms. The summed E-state index contributed by atoms with van der Waals surface area (Å²) in [6, 6.07) is 1.54. The van der Waals surface area contributed by atoms with Gasteiger partial charge in [-0.3, -0.25) is 0 Å². The van der Waals surface area contributed by atoms with Gasteiger partial charge < -0.3 is 25.7 Å². The molecule has 7 nitrogen and oxygen atoms in total. The second kappa shape index (κ2) is 8.55. The van der Waals surface area contributed by atoms with Crippen LogP contribution in [0.1, 0.15) is 11.1 Å². The number of hydrogen-bond donors (Lipinski definition) is 2. The van der Waals surface area contributed by atoms with Gasteiger partial charge in [0.25, 0.3) is 0 Å². The molecule has 0 heterocycles. The Morgan fingerprint density at radius 2 is 1.64 bits per heavy atom. The van der Waals surface area contributed by atoms with E-state index in [0.717, 1.165) is 0 Å². The van der Waals surface area contributed by atoms with Gasteiger partial charge in [0.05, 0.1) is 7.11 Å². The molecule has 0 unspecified atom stereocenters. The van der Waals surface area contributed by atoms with Crippen LogP contribution in [0, 0.1) is 0 Å². The van der Waals surface area contributed by atoms with Crippen LogP contribution in [0.3, 0.4) is 0 Å². The van der Waals surface area contributed by atoms with Crippen LogP contribution < -0.4 is 25.7 Å². The lowest BCUT2D eigenvalue weighted by Crippen LogP contribution is -2.21. The number of aryl methyl sites for hydroxylation is 1. The van der Waals surface area contributed by atoms with Crippen LogP contribution in [-0.2, 0) is 12.8 Å². The Morgan fingerprint density at radius 1 is 1.05 bits per heavy atom. The molecular formula is C13H16Cl2N2O5. The molecule has 0 fully saturated rings. The van der Waals surface area contributed by atoms with Crippen LogP contribution in [0.15, 0.2) is 6.07 Å². The molecule has 2 amide bonds. The minimum Gasteiger partial charge on any atom is -0.493 e. The number of nitrogens with two attached hydrogens (primary N) is 2. The summed E-state index contributed by atoms with van der Waals surface area (Å²) in [4.78, 5) is 22.2. The van der Waals surface area contributed by atoms with Crippen molar-refractivity contribution in [3.8, 4) is 17.2 Å². The molecule has 22 heavy (non-hydrogen) atoms. The van der Waals surface area contributed by atoms with Crippen LogP contribution in [-0.4, -0.2) is 31.1 Å². The van der Waals surface area contributed by atoms with E-state index in [-0.39, 0.29) is 35.4 Å². The topological polar surface area (TPSA) is 114 Å². The maximum Gasteiger partial charge on any atom is 0.410 e. The van der Waals surface area contributed by atoms with Crippen molar-refractivity contribution in [2.45, 2.75) is 12.8 Å². The predicted octanol–water partition coefficient (Wildman–Crippen LogP) is 2.17. The molecule has 0 aliphatic carbocycles. The van der Waals surface area contributed by atoms with Gasteiger partial charge in [-0.2, -0.15) is 0 Å². The van der Waals surface area contributed by atoms with Crippen molar-refractivity contribution in [2.24, 2.45) is 11.5 Å². The standard InChI is InChI=1S/C13H16Cl2N2O5/c1-20-10-7(2-4-14)6-9(21-12(16)18)8(3-5-15)11(10)22-13(17)19/h6H,2-5H2,1H3,(H2,16,18)(H2,17,19). The largest absolute Gasteiger partial charge is 0.493 e. The van der Waals surface area contributed by atoms with Crippen molar-refractivity contribution in [1.29, 1.82) is 0 Å². The molecule has 122 valence electrons. The average molecular weight is 351 g/mol. The number of ether oxygens (including phenoxy) is 3. The van der Waals surface area contributed by atoms with Crippen LogP contribution in [0.25, 0.3) is 0 Å². The predicted molar refractivity (Wildman–Crippen MR) is 82.3 cm³/mol. The van der Waals surface area contributed by atoms with Gasteiger partial charge in [-0.05, 0) is 18.9 Å². The summed E-state index contributed by atoms with van der Waals surface area (Å²) in [5.74, 6) is 0.885. The first-order valence-corrected chi connectivity index (χ1v) is 7.30. The molecular weight excluding hydrogens is 335 g/mol. The lowest BCUT2D eigenvalue weighted by molar-refractivity contribution is 0.206. The number of amides is 2. The van der Waals surface area contributed by atoms with E-state index in [9.17, 15) is 9.59 Å². The van der Waals surface area contributed by atoms with E-state index in [1.165, 1.54) is 7.11 Å². The van der Waals surface area contributed by atoms with Gasteiger partial charge in [-0.25, -0.2) is 9.59 Å². The molecule has 9 heteroatoms. The highest BCUT2D eigenvalue weighted by molar-refractivity contribution is 6.18. The highest BCUT2D eigenvalue weighted by Gasteiger charge is 2.23. The van der Waals surface area contributed by atoms with E-state index in [2.05, 4.69) is 0 Å². The van der Waals surface area contributed by atoms with E-state index in [0.29, 0.717) is 17.5 Å². The summed E-state index contributed by atoms with van der Waals surface area (Å²) < 4.78 is 15.2. The summed E-state index contributed by atoms with van der Waals surface area (Å²) >= 11 is 11.5. The van der Waals surface area contributed by atoms with E-state index in [1.807, 2.05) is 0 Å². The molecule has 0 aromatic heterocycles. The smallest absolute Gasteiger partial charge is 0.410 e. The Labute approximate surface area is 137 Å². The number of rotatable bonds is 7. The molecule has 1 aromatic rings. The van der Waals surface area contributed by atoms with Crippen LogP contribution >= 0.6 is 23.2 Å². The fraction of sp³-hybridized carbons (Fsp3) is 0.385.